The van der Waals surface area contributed by atoms with Gasteiger partial charge in [0.15, 0.2) is 0 Å². The van der Waals surface area contributed by atoms with Gasteiger partial charge in [0.05, 0.1) is 0 Å². The number of benzene rings is 1. The summed E-state index contributed by atoms with van der Waals surface area (Å²) < 4.78 is 2.79. The molecular weight excluding hydrogens is 661 g/mol. The highest BCUT2D eigenvalue weighted by molar-refractivity contribution is 7.23. The van der Waals surface area contributed by atoms with Crippen LogP contribution in [0.15, 0.2) is 24.5 Å². The monoisotopic (exact) mass is 720 g/mol. The predicted molar refractivity (Wildman–Crippen MR) is 220 cm³/mol. The van der Waals surface area contributed by atoms with E-state index < -0.39 is 0 Å². The maximum Gasteiger partial charge on any atom is 0.125 e. The summed E-state index contributed by atoms with van der Waals surface area (Å²) in [4.78, 5) is 16.0. The van der Waals surface area contributed by atoms with Gasteiger partial charge in [-0.2, -0.15) is 0 Å². The van der Waals surface area contributed by atoms with Crippen LogP contribution in [0.3, 0.4) is 0 Å². The maximum atomic E-state index is 5.16. The van der Waals surface area contributed by atoms with Gasteiger partial charge in [-0.1, -0.05) is 130 Å². The van der Waals surface area contributed by atoms with Crippen LogP contribution in [-0.2, 0) is 12.8 Å². The first kappa shape index (κ1) is 37.7. The molecule has 2 unspecified atom stereocenters. The number of thiazole rings is 2. The minimum atomic E-state index is 0.780. The number of aryl methyl sites for hydroxylation is 2. The summed E-state index contributed by atoms with van der Waals surface area (Å²) in [6, 6.07) is 4.86. The fourth-order valence-electron chi connectivity index (χ4n) is 7.45. The van der Waals surface area contributed by atoms with Gasteiger partial charge >= 0.3 is 0 Å². The van der Waals surface area contributed by atoms with Gasteiger partial charge in [-0.15, -0.1) is 45.3 Å². The van der Waals surface area contributed by atoms with Gasteiger partial charge in [-0.25, -0.2) is 9.97 Å². The SMILES string of the molecule is CCCCCCC(CCCC)Cc1cnc(-c2c3cc(C)sc3c(-c3ncc(CC(CCCC)CCCCCC)s3)c3cc(C)sc23)s1. The van der Waals surface area contributed by atoms with Crippen LogP contribution < -0.4 is 0 Å². The van der Waals surface area contributed by atoms with Crippen molar-refractivity contribution in [2.45, 2.75) is 157 Å². The fourth-order valence-corrected chi connectivity index (χ4v) is 11.9. The van der Waals surface area contributed by atoms with E-state index in [9.17, 15) is 0 Å². The Morgan fingerprint density at radius 2 is 0.896 bits per heavy atom. The Kier molecular flexibility index (Phi) is 15.0. The summed E-state index contributed by atoms with van der Waals surface area (Å²) in [5.74, 6) is 1.56. The molecule has 4 heterocycles. The third-order valence-electron chi connectivity index (χ3n) is 10.1. The minimum Gasteiger partial charge on any atom is -0.244 e. The molecular formula is C42H60N2S4. The summed E-state index contributed by atoms with van der Waals surface area (Å²) in [6.45, 7) is 13.8. The molecule has 0 saturated carbocycles. The van der Waals surface area contributed by atoms with Crippen molar-refractivity contribution in [3.63, 3.8) is 0 Å². The second kappa shape index (κ2) is 19.1. The number of rotatable bonds is 22. The lowest BCUT2D eigenvalue weighted by molar-refractivity contribution is 0.412. The number of hydrogen-bond donors (Lipinski definition) is 0. The third-order valence-corrected chi connectivity index (χ3v) is 14.3. The normalized spacial score (nSPS) is 13.3. The standard InChI is InChI=1S/C42H60N2S4/c1-7-11-15-17-21-31(19-13-9-3)25-33-27-43-41(47-33)37-35-23-29(5)46-40(35)38(36-24-30(6)45-39(36)37)42-44-28-34(48-42)26-32(20-14-10-4)22-18-16-12-8-2/h23-24,27-28,31-32H,7-22,25-26H2,1-6H3. The molecule has 0 aliphatic rings. The molecule has 2 atom stereocenters. The van der Waals surface area contributed by atoms with Gasteiger partial charge in [0.25, 0.3) is 0 Å². The minimum absolute atomic E-state index is 0.780. The number of hydrogen-bond acceptors (Lipinski definition) is 6. The Bertz CT molecular complexity index is 1510. The average Bonchev–Trinajstić information content (AvgIpc) is 3.88. The van der Waals surface area contributed by atoms with E-state index in [1.165, 1.54) is 176 Å². The van der Waals surface area contributed by atoms with Gasteiger partial charge in [-0.3, -0.25) is 0 Å². The van der Waals surface area contributed by atoms with Crippen LogP contribution in [0, 0.1) is 25.7 Å². The molecule has 0 radical (unpaired) electrons. The lowest BCUT2D eigenvalue weighted by Crippen LogP contribution is -2.04. The molecule has 0 aliphatic heterocycles. The summed E-state index contributed by atoms with van der Waals surface area (Å²) in [5.41, 5.74) is 2.72. The Hall–Kier alpha value is -1.60. The van der Waals surface area contributed by atoms with E-state index in [2.05, 4.69) is 66.1 Å². The molecule has 6 heteroatoms. The first-order chi connectivity index (χ1) is 23.4. The zero-order valence-corrected chi connectivity index (χ0v) is 34.0. The lowest BCUT2D eigenvalue weighted by Gasteiger charge is -2.15. The molecule has 0 fully saturated rings. The molecule has 2 nitrogen and oxygen atoms in total. The number of nitrogens with zero attached hydrogens (tertiary/aromatic N) is 2. The average molecular weight is 721 g/mol. The molecule has 0 spiro atoms. The topological polar surface area (TPSA) is 25.8 Å². The summed E-state index contributed by atoms with van der Waals surface area (Å²) in [7, 11) is 0. The van der Waals surface area contributed by atoms with E-state index in [0.29, 0.717) is 0 Å². The zero-order valence-electron chi connectivity index (χ0n) is 30.7. The van der Waals surface area contributed by atoms with E-state index in [1.807, 2.05) is 45.3 Å². The van der Waals surface area contributed by atoms with Crippen molar-refractivity contribution in [1.29, 1.82) is 0 Å². The van der Waals surface area contributed by atoms with Gasteiger partial charge in [0.1, 0.15) is 10.0 Å². The molecule has 0 saturated heterocycles. The molecule has 0 bridgehead atoms. The van der Waals surface area contributed by atoms with E-state index in [-0.39, 0.29) is 0 Å². The van der Waals surface area contributed by atoms with Gasteiger partial charge in [0.2, 0.25) is 0 Å². The van der Waals surface area contributed by atoms with Crippen LogP contribution >= 0.6 is 45.3 Å². The van der Waals surface area contributed by atoms with Crippen LogP contribution in [0.1, 0.15) is 150 Å². The molecule has 0 aliphatic carbocycles. The highest BCUT2D eigenvalue weighted by atomic mass is 32.1. The lowest BCUT2D eigenvalue weighted by atomic mass is 9.92. The van der Waals surface area contributed by atoms with Crippen molar-refractivity contribution >= 4 is 65.5 Å². The van der Waals surface area contributed by atoms with Crippen LogP contribution in [0.5, 0.6) is 0 Å². The van der Waals surface area contributed by atoms with Gasteiger partial charge in [0, 0.05) is 63.2 Å². The van der Waals surface area contributed by atoms with E-state index in [4.69, 9.17) is 9.97 Å². The second-order valence-electron chi connectivity index (χ2n) is 14.3. The number of fused-ring (bicyclic) bond motifs is 2. The van der Waals surface area contributed by atoms with Crippen molar-refractivity contribution in [3.8, 4) is 21.1 Å². The molecule has 48 heavy (non-hydrogen) atoms. The second-order valence-corrected chi connectivity index (χ2v) is 19.1. The van der Waals surface area contributed by atoms with Crippen LogP contribution in [-0.4, -0.2) is 9.97 Å². The van der Waals surface area contributed by atoms with E-state index in [1.54, 1.807) is 0 Å². The van der Waals surface area contributed by atoms with Crippen molar-refractivity contribution in [3.05, 3.63) is 44.0 Å². The molecule has 0 N–H and O–H groups in total. The smallest absolute Gasteiger partial charge is 0.125 e. The quantitative estimate of drug-likeness (QED) is 0.0665. The molecule has 5 rings (SSSR count). The molecule has 0 amide bonds. The molecule has 262 valence electrons. The van der Waals surface area contributed by atoms with Gasteiger partial charge < -0.3 is 0 Å². The number of unbranched alkanes of at least 4 members (excludes halogenated alkanes) is 8. The highest BCUT2D eigenvalue weighted by Crippen LogP contribution is 2.50. The van der Waals surface area contributed by atoms with E-state index in [0.717, 1.165) is 11.8 Å². The highest BCUT2D eigenvalue weighted by Gasteiger charge is 2.24. The van der Waals surface area contributed by atoms with Crippen LogP contribution in [0.4, 0.5) is 0 Å². The van der Waals surface area contributed by atoms with Crippen molar-refractivity contribution in [1.82, 2.24) is 9.97 Å². The first-order valence-corrected chi connectivity index (χ1v) is 22.6. The predicted octanol–water partition coefficient (Wildman–Crippen LogP) is 15.6. The fraction of sp³-hybridized carbons (Fsp3) is 0.619. The van der Waals surface area contributed by atoms with Crippen molar-refractivity contribution in [2.75, 3.05) is 0 Å². The summed E-state index contributed by atoms with van der Waals surface area (Å²) in [5, 5.41) is 5.15. The Labute approximate surface area is 307 Å². The molecule has 1 aromatic carbocycles. The van der Waals surface area contributed by atoms with E-state index >= 15 is 0 Å². The Morgan fingerprint density at radius 1 is 0.500 bits per heavy atom. The maximum absolute atomic E-state index is 5.16. The Balaban J connectivity index is 1.46. The zero-order chi connectivity index (χ0) is 33.9. The Morgan fingerprint density at radius 3 is 1.29 bits per heavy atom. The van der Waals surface area contributed by atoms with Crippen LogP contribution in [0.25, 0.3) is 41.3 Å². The number of aromatic nitrogens is 2. The number of thiophene rings is 2. The van der Waals surface area contributed by atoms with Crippen molar-refractivity contribution < 1.29 is 0 Å². The molecule has 4 aromatic heterocycles. The van der Waals surface area contributed by atoms with Crippen molar-refractivity contribution in [2.24, 2.45) is 11.8 Å². The summed E-state index contributed by atoms with van der Waals surface area (Å²) in [6.07, 6.45) is 28.3. The largest absolute Gasteiger partial charge is 0.244 e. The van der Waals surface area contributed by atoms with Crippen LogP contribution in [0.2, 0.25) is 0 Å². The molecule has 5 aromatic rings. The van der Waals surface area contributed by atoms with Gasteiger partial charge in [-0.05, 0) is 50.7 Å². The first-order valence-electron chi connectivity index (χ1n) is 19.3. The summed E-state index contributed by atoms with van der Waals surface area (Å²) >= 11 is 7.80. The third kappa shape index (κ3) is 9.80.